The molecular weight excluding hydrogens is 364 g/mol. The van der Waals surface area contributed by atoms with Gasteiger partial charge in [0.05, 0.1) is 12.2 Å². The van der Waals surface area contributed by atoms with E-state index in [1.165, 1.54) is 0 Å². The molecule has 1 aromatic heterocycles. The van der Waals surface area contributed by atoms with Gasteiger partial charge in [0.15, 0.2) is 0 Å². The van der Waals surface area contributed by atoms with Crippen molar-refractivity contribution in [2.45, 2.75) is 6.92 Å². The van der Waals surface area contributed by atoms with Gasteiger partial charge in [-0.05, 0) is 60.8 Å². The Morgan fingerprint density at radius 1 is 0.931 bits per heavy atom. The molecule has 0 spiro atoms. The standard InChI is InChI=1S/C24H20N2O3/c1-2-28-20-14-12-17(13-15-20)24(27)29-23-21-11-7-6-8-18(21)16-22(26-23)25-19-9-4-3-5-10-19/h3-16H,2H2,1H3,(H,25,26). The summed E-state index contributed by atoms with van der Waals surface area (Å²) in [5.41, 5.74) is 1.33. The molecule has 0 amide bonds. The normalized spacial score (nSPS) is 10.5. The van der Waals surface area contributed by atoms with E-state index in [2.05, 4.69) is 10.3 Å². The van der Waals surface area contributed by atoms with E-state index >= 15 is 0 Å². The molecular formula is C24H20N2O3. The largest absolute Gasteiger partial charge is 0.494 e. The van der Waals surface area contributed by atoms with Gasteiger partial charge in [0.1, 0.15) is 11.6 Å². The minimum absolute atomic E-state index is 0.264. The predicted molar refractivity (Wildman–Crippen MR) is 114 cm³/mol. The number of carbonyl (C=O) groups excluding carboxylic acids is 1. The van der Waals surface area contributed by atoms with Crippen LogP contribution in [0.25, 0.3) is 10.8 Å². The second kappa shape index (κ2) is 8.44. The Hall–Kier alpha value is -3.86. The number of fused-ring (bicyclic) bond motifs is 1. The fraction of sp³-hybridized carbons (Fsp3) is 0.0833. The van der Waals surface area contributed by atoms with Crippen LogP contribution < -0.4 is 14.8 Å². The lowest BCUT2D eigenvalue weighted by atomic mass is 10.1. The maximum absolute atomic E-state index is 12.7. The van der Waals surface area contributed by atoms with E-state index in [4.69, 9.17) is 9.47 Å². The predicted octanol–water partition coefficient (Wildman–Crippen LogP) is 5.60. The summed E-state index contributed by atoms with van der Waals surface area (Å²) in [5.74, 6) is 1.11. The average Bonchev–Trinajstić information content (AvgIpc) is 2.75. The fourth-order valence-corrected chi connectivity index (χ4v) is 2.98. The number of esters is 1. The SMILES string of the molecule is CCOc1ccc(C(=O)Oc2nc(Nc3ccccc3)cc3ccccc23)cc1. The quantitative estimate of drug-likeness (QED) is 0.439. The van der Waals surface area contributed by atoms with Crippen LogP contribution in [-0.2, 0) is 0 Å². The monoisotopic (exact) mass is 384 g/mol. The van der Waals surface area contributed by atoms with Crippen LogP contribution in [0.15, 0.2) is 84.9 Å². The number of para-hydroxylation sites is 1. The zero-order chi connectivity index (χ0) is 20.1. The molecule has 0 atom stereocenters. The summed E-state index contributed by atoms with van der Waals surface area (Å²) in [6, 6.07) is 26.2. The topological polar surface area (TPSA) is 60.5 Å². The van der Waals surface area contributed by atoms with Crippen molar-refractivity contribution in [2.75, 3.05) is 11.9 Å². The number of ether oxygens (including phenoxy) is 2. The number of carbonyl (C=O) groups is 1. The first-order valence-electron chi connectivity index (χ1n) is 9.40. The lowest BCUT2D eigenvalue weighted by Gasteiger charge is -2.11. The summed E-state index contributed by atoms with van der Waals surface area (Å²) in [5, 5.41) is 4.95. The van der Waals surface area contributed by atoms with E-state index in [9.17, 15) is 4.79 Å². The molecule has 0 radical (unpaired) electrons. The summed E-state index contributed by atoms with van der Waals surface area (Å²) < 4.78 is 11.1. The van der Waals surface area contributed by atoms with Crippen LogP contribution in [0.4, 0.5) is 11.5 Å². The first-order chi connectivity index (χ1) is 14.2. The highest BCUT2D eigenvalue weighted by molar-refractivity contribution is 5.95. The molecule has 4 aromatic rings. The molecule has 29 heavy (non-hydrogen) atoms. The molecule has 5 heteroatoms. The average molecular weight is 384 g/mol. The highest BCUT2D eigenvalue weighted by Gasteiger charge is 2.14. The van der Waals surface area contributed by atoms with Gasteiger partial charge in [0, 0.05) is 11.1 Å². The third kappa shape index (κ3) is 4.35. The minimum atomic E-state index is -0.470. The van der Waals surface area contributed by atoms with E-state index in [1.807, 2.05) is 67.6 Å². The van der Waals surface area contributed by atoms with Gasteiger partial charge >= 0.3 is 5.97 Å². The Bertz CT molecular complexity index is 1130. The van der Waals surface area contributed by atoms with Crippen molar-refractivity contribution in [3.63, 3.8) is 0 Å². The maximum Gasteiger partial charge on any atom is 0.344 e. The van der Waals surface area contributed by atoms with Gasteiger partial charge < -0.3 is 14.8 Å². The van der Waals surface area contributed by atoms with E-state index in [-0.39, 0.29) is 5.88 Å². The number of rotatable bonds is 6. The summed E-state index contributed by atoms with van der Waals surface area (Å²) in [6.07, 6.45) is 0. The van der Waals surface area contributed by atoms with E-state index in [1.54, 1.807) is 24.3 Å². The number of hydrogen-bond donors (Lipinski definition) is 1. The van der Waals surface area contributed by atoms with Gasteiger partial charge in [-0.2, -0.15) is 4.98 Å². The lowest BCUT2D eigenvalue weighted by molar-refractivity contribution is 0.0730. The molecule has 0 bridgehead atoms. The van der Waals surface area contributed by atoms with E-state index in [0.29, 0.717) is 23.7 Å². The van der Waals surface area contributed by atoms with E-state index in [0.717, 1.165) is 16.5 Å². The molecule has 0 aliphatic heterocycles. The highest BCUT2D eigenvalue weighted by atomic mass is 16.5. The molecule has 0 aliphatic rings. The van der Waals surface area contributed by atoms with Gasteiger partial charge in [0.25, 0.3) is 0 Å². The van der Waals surface area contributed by atoms with E-state index < -0.39 is 5.97 Å². The van der Waals surface area contributed by atoms with Crippen molar-refractivity contribution in [3.05, 3.63) is 90.5 Å². The number of pyridine rings is 1. The first kappa shape index (κ1) is 18.5. The van der Waals surface area contributed by atoms with Gasteiger partial charge in [0.2, 0.25) is 5.88 Å². The van der Waals surface area contributed by atoms with Crippen LogP contribution in [0.3, 0.4) is 0 Å². The molecule has 0 aliphatic carbocycles. The molecule has 5 nitrogen and oxygen atoms in total. The molecule has 0 fully saturated rings. The van der Waals surface area contributed by atoms with Crippen molar-refractivity contribution in [1.82, 2.24) is 4.98 Å². The minimum Gasteiger partial charge on any atom is -0.494 e. The van der Waals surface area contributed by atoms with Gasteiger partial charge in [-0.1, -0.05) is 36.4 Å². The smallest absolute Gasteiger partial charge is 0.344 e. The number of aromatic nitrogens is 1. The van der Waals surface area contributed by atoms with Crippen molar-refractivity contribution in [2.24, 2.45) is 0 Å². The van der Waals surface area contributed by atoms with Crippen molar-refractivity contribution >= 4 is 28.2 Å². The number of anilines is 2. The Morgan fingerprint density at radius 2 is 1.66 bits per heavy atom. The van der Waals surface area contributed by atoms with Crippen LogP contribution in [0.5, 0.6) is 11.6 Å². The van der Waals surface area contributed by atoms with Gasteiger partial charge in [-0.25, -0.2) is 4.79 Å². The van der Waals surface area contributed by atoms with Crippen LogP contribution in [0, 0.1) is 0 Å². The summed E-state index contributed by atoms with van der Waals surface area (Å²) in [7, 11) is 0. The van der Waals surface area contributed by atoms with Gasteiger partial charge in [-0.3, -0.25) is 0 Å². The Labute approximate surface area is 168 Å². The fourth-order valence-electron chi connectivity index (χ4n) is 2.98. The second-order valence-corrected chi connectivity index (χ2v) is 6.37. The number of nitrogens with zero attached hydrogens (tertiary/aromatic N) is 1. The van der Waals surface area contributed by atoms with Crippen molar-refractivity contribution in [3.8, 4) is 11.6 Å². The number of benzene rings is 3. The number of nitrogens with one attached hydrogen (secondary N) is 1. The van der Waals surface area contributed by atoms with Crippen molar-refractivity contribution < 1.29 is 14.3 Å². The highest BCUT2D eigenvalue weighted by Crippen LogP contribution is 2.28. The molecule has 144 valence electrons. The Balaban J connectivity index is 1.64. The Morgan fingerprint density at radius 3 is 2.41 bits per heavy atom. The summed E-state index contributed by atoms with van der Waals surface area (Å²) >= 11 is 0. The molecule has 3 aromatic carbocycles. The summed E-state index contributed by atoms with van der Waals surface area (Å²) in [6.45, 7) is 2.48. The van der Waals surface area contributed by atoms with Crippen molar-refractivity contribution in [1.29, 1.82) is 0 Å². The van der Waals surface area contributed by atoms with Gasteiger partial charge in [-0.15, -0.1) is 0 Å². The molecule has 0 saturated carbocycles. The molecule has 4 rings (SSSR count). The third-order valence-corrected chi connectivity index (χ3v) is 4.34. The first-order valence-corrected chi connectivity index (χ1v) is 9.40. The maximum atomic E-state index is 12.7. The molecule has 0 saturated heterocycles. The molecule has 1 heterocycles. The zero-order valence-electron chi connectivity index (χ0n) is 16.0. The zero-order valence-corrected chi connectivity index (χ0v) is 16.0. The third-order valence-electron chi connectivity index (χ3n) is 4.34. The summed E-state index contributed by atoms with van der Waals surface area (Å²) in [4.78, 5) is 17.2. The van der Waals surface area contributed by atoms with Crippen LogP contribution in [0.1, 0.15) is 17.3 Å². The second-order valence-electron chi connectivity index (χ2n) is 6.37. The molecule has 1 N–H and O–H groups in total. The Kier molecular flexibility index (Phi) is 5.38. The number of hydrogen-bond acceptors (Lipinski definition) is 5. The van der Waals surface area contributed by atoms with Crippen LogP contribution in [0.2, 0.25) is 0 Å². The van der Waals surface area contributed by atoms with Crippen LogP contribution in [-0.4, -0.2) is 17.6 Å². The van der Waals surface area contributed by atoms with Crippen LogP contribution >= 0.6 is 0 Å². The molecule has 0 unspecified atom stereocenters. The lowest BCUT2D eigenvalue weighted by Crippen LogP contribution is -2.10.